The van der Waals surface area contributed by atoms with Crippen molar-refractivity contribution in [1.29, 1.82) is 0 Å². The Morgan fingerprint density at radius 3 is 1.32 bits per heavy atom. The van der Waals surface area contributed by atoms with Gasteiger partial charge in [-0.15, -0.1) is 0 Å². The first-order valence-corrected chi connectivity index (χ1v) is 20.3. The predicted octanol–water partition coefficient (Wildman–Crippen LogP) is 14.8. The Balaban J connectivity index is 1.10. The highest BCUT2D eigenvalue weighted by Gasteiger charge is 2.51. The van der Waals surface area contributed by atoms with E-state index in [4.69, 9.17) is 0 Å². The van der Waals surface area contributed by atoms with Crippen molar-refractivity contribution in [2.75, 3.05) is 4.90 Å². The molecule has 1 heteroatoms. The maximum atomic E-state index is 2.47. The molecule has 0 saturated heterocycles. The predicted molar refractivity (Wildman–Crippen MR) is 239 cm³/mol. The van der Waals surface area contributed by atoms with Crippen molar-refractivity contribution in [2.45, 2.75) is 50.9 Å². The lowest BCUT2D eigenvalue weighted by atomic mass is 9.70. The van der Waals surface area contributed by atoms with Gasteiger partial charge in [-0.1, -0.05) is 180 Å². The molecule has 0 aliphatic heterocycles. The Morgan fingerprint density at radius 2 is 0.754 bits per heavy atom. The molecule has 0 fully saturated rings. The Hall–Kier alpha value is -6.44. The van der Waals surface area contributed by atoms with Crippen molar-refractivity contribution < 1.29 is 0 Å². The van der Waals surface area contributed by atoms with E-state index in [2.05, 4.69) is 222 Å². The lowest BCUT2D eigenvalue weighted by Crippen LogP contribution is -2.25. The third kappa shape index (κ3) is 4.75. The van der Waals surface area contributed by atoms with Gasteiger partial charge in [0.2, 0.25) is 0 Å². The molecule has 3 aliphatic carbocycles. The number of nitrogens with zero attached hydrogens (tertiary/aromatic N) is 1. The van der Waals surface area contributed by atoms with Crippen molar-refractivity contribution >= 4 is 17.1 Å². The van der Waals surface area contributed by atoms with Crippen LogP contribution in [0.3, 0.4) is 0 Å². The van der Waals surface area contributed by atoms with Crippen molar-refractivity contribution in [1.82, 2.24) is 0 Å². The molecule has 0 bridgehead atoms. The van der Waals surface area contributed by atoms with Crippen LogP contribution in [0.5, 0.6) is 0 Å². The molecule has 8 aromatic rings. The number of hydrogen-bond acceptors (Lipinski definition) is 1. The number of benzene rings is 8. The molecule has 3 aliphatic rings. The summed E-state index contributed by atoms with van der Waals surface area (Å²) in [7, 11) is 0. The molecule has 0 N–H and O–H groups in total. The van der Waals surface area contributed by atoms with Crippen LogP contribution in [0.25, 0.3) is 44.5 Å². The molecule has 1 spiro atoms. The second kappa shape index (κ2) is 12.0. The summed E-state index contributed by atoms with van der Waals surface area (Å²) in [5.41, 5.74) is 23.0. The number of anilines is 3. The van der Waals surface area contributed by atoms with Gasteiger partial charge in [0.25, 0.3) is 0 Å². The van der Waals surface area contributed by atoms with Gasteiger partial charge >= 0.3 is 0 Å². The van der Waals surface area contributed by atoms with Crippen LogP contribution in [0, 0.1) is 0 Å². The summed E-state index contributed by atoms with van der Waals surface area (Å²) in [5, 5.41) is 0. The van der Waals surface area contributed by atoms with E-state index >= 15 is 0 Å². The Kier molecular flexibility index (Phi) is 7.15. The zero-order valence-electron chi connectivity index (χ0n) is 33.3. The molecule has 1 nitrogen and oxygen atoms in total. The average molecular weight is 732 g/mol. The lowest BCUT2D eigenvalue weighted by Gasteiger charge is -2.31. The summed E-state index contributed by atoms with van der Waals surface area (Å²) in [6, 6.07) is 68.7. The van der Waals surface area contributed by atoms with Gasteiger partial charge in [0.05, 0.1) is 5.41 Å². The standard InChI is InChI=1S/C56H45N/c1-54(2,3)38-26-22-36(23-27-38)37-24-28-39(29-25-37)57(41-30-32-46-42-14-6-10-18-48(42)55(4,5)53(46)35-41)40-31-33-52-47(34-40)45-17-9-13-21-51(45)56(52)49-19-11-7-15-43(49)44-16-8-12-20-50(44)56/h6-35H,1-5H3. The summed E-state index contributed by atoms with van der Waals surface area (Å²) in [4.78, 5) is 2.47. The molecule has 0 unspecified atom stereocenters. The van der Waals surface area contributed by atoms with Crippen LogP contribution < -0.4 is 4.90 Å². The summed E-state index contributed by atoms with van der Waals surface area (Å²) < 4.78 is 0. The first-order chi connectivity index (χ1) is 27.7. The molecule has 11 rings (SSSR count). The SMILES string of the molecule is CC(C)(C)c1ccc(-c2ccc(N(c3ccc4c(c3)-c3ccccc3C43c4ccccc4-c4ccccc43)c3ccc4c(c3)C(C)(C)c3ccccc3-4)cc2)cc1. The molecule has 0 saturated carbocycles. The maximum absolute atomic E-state index is 2.47. The number of hydrogen-bond donors (Lipinski definition) is 0. The van der Waals surface area contributed by atoms with Gasteiger partial charge in [0.15, 0.2) is 0 Å². The van der Waals surface area contributed by atoms with E-state index in [9.17, 15) is 0 Å². The van der Waals surface area contributed by atoms with E-state index in [1.54, 1.807) is 0 Å². The highest BCUT2D eigenvalue weighted by Crippen LogP contribution is 2.63. The van der Waals surface area contributed by atoms with Crippen LogP contribution in [0.15, 0.2) is 182 Å². The lowest BCUT2D eigenvalue weighted by molar-refractivity contribution is 0.590. The fraction of sp³-hybridized carbons (Fsp3) is 0.143. The molecule has 0 amide bonds. The Bertz CT molecular complexity index is 2860. The topological polar surface area (TPSA) is 3.24 Å². The van der Waals surface area contributed by atoms with Gasteiger partial charge in [-0.05, 0) is 125 Å². The van der Waals surface area contributed by atoms with Crippen LogP contribution in [-0.2, 0) is 16.2 Å². The van der Waals surface area contributed by atoms with E-state index in [0.717, 1.165) is 17.1 Å². The van der Waals surface area contributed by atoms with Crippen LogP contribution >= 0.6 is 0 Å². The van der Waals surface area contributed by atoms with Crippen molar-refractivity contribution in [2.24, 2.45) is 0 Å². The van der Waals surface area contributed by atoms with E-state index in [-0.39, 0.29) is 16.2 Å². The molecular weight excluding hydrogens is 687 g/mol. The highest BCUT2D eigenvalue weighted by atomic mass is 15.1. The molecule has 274 valence electrons. The van der Waals surface area contributed by atoms with Gasteiger partial charge in [-0.25, -0.2) is 0 Å². The average Bonchev–Trinajstić information content (AvgIpc) is 3.79. The Labute approximate surface area is 336 Å². The van der Waals surface area contributed by atoms with Gasteiger partial charge in [-0.2, -0.15) is 0 Å². The third-order valence-electron chi connectivity index (χ3n) is 13.3. The minimum atomic E-state index is -0.365. The minimum absolute atomic E-state index is 0.108. The Morgan fingerprint density at radius 1 is 0.351 bits per heavy atom. The number of rotatable bonds is 4. The first kappa shape index (κ1) is 33.9. The molecule has 57 heavy (non-hydrogen) atoms. The molecule has 0 heterocycles. The zero-order chi connectivity index (χ0) is 38.7. The molecule has 0 atom stereocenters. The highest BCUT2D eigenvalue weighted by molar-refractivity contribution is 5.97. The van der Waals surface area contributed by atoms with Crippen molar-refractivity contribution in [3.63, 3.8) is 0 Å². The zero-order valence-corrected chi connectivity index (χ0v) is 33.3. The molecule has 8 aromatic carbocycles. The van der Waals surface area contributed by atoms with Gasteiger partial charge in [0.1, 0.15) is 0 Å². The fourth-order valence-electron chi connectivity index (χ4n) is 10.5. The number of fused-ring (bicyclic) bond motifs is 13. The van der Waals surface area contributed by atoms with Gasteiger partial charge in [-0.3, -0.25) is 0 Å². The van der Waals surface area contributed by atoms with Gasteiger partial charge < -0.3 is 4.90 Å². The fourth-order valence-corrected chi connectivity index (χ4v) is 10.5. The molecular formula is C56H45N. The second-order valence-corrected chi connectivity index (χ2v) is 17.7. The normalized spacial score (nSPS) is 14.7. The molecule has 0 radical (unpaired) electrons. The van der Waals surface area contributed by atoms with Gasteiger partial charge in [0, 0.05) is 22.5 Å². The second-order valence-electron chi connectivity index (χ2n) is 17.7. The smallest absolute Gasteiger partial charge is 0.0725 e. The third-order valence-corrected chi connectivity index (χ3v) is 13.3. The summed E-state index contributed by atoms with van der Waals surface area (Å²) in [6.07, 6.45) is 0. The monoisotopic (exact) mass is 731 g/mol. The summed E-state index contributed by atoms with van der Waals surface area (Å²) >= 11 is 0. The van der Waals surface area contributed by atoms with E-state index in [0.29, 0.717) is 0 Å². The van der Waals surface area contributed by atoms with Crippen LogP contribution in [0.1, 0.15) is 73.6 Å². The van der Waals surface area contributed by atoms with Crippen molar-refractivity contribution in [3.8, 4) is 44.5 Å². The summed E-state index contributed by atoms with van der Waals surface area (Å²) in [6.45, 7) is 11.6. The van der Waals surface area contributed by atoms with E-state index in [1.165, 1.54) is 83.5 Å². The first-order valence-electron chi connectivity index (χ1n) is 20.3. The van der Waals surface area contributed by atoms with E-state index in [1.807, 2.05) is 0 Å². The van der Waals surface area contributed by atoms with Crippen LogP contribution in [0.4, 0.5) is 17.1 Å². The van der Waals surface area contributed by atoms with Crippen molar-refractivity contribution in [3.05, 3.63) is 221 Å². The quantitative estimate of drug-likeness (QED) is 0.174. The summed E-state index contributed by atoms with van der Waals surface area (Å²) in [5.74, 6) is 0. The minimum Gasteiger partial charge on any atom is -0.310 e. The van der Waals surface area contributed by atoms with Crippen LogP contribution in [-0.4, -0.2) is 0 Å². The maximum Gasteiger partial charge on any atom is 0.0725 e. The van der Waals surface area contributed by atoms with Crippen LogP contribution in [0.2, 0.25) is 0 Å². The molecule has 0 aromatic heterocycles. The van der Waals surface area contributed by atoms with E-state index < -0.39 is 0 Å². The largest absolute Gasteiger partial charge is 0.310 e.